The summed E-state index contributed by atoms with van der Waals surface area (Å²) >= 11 is 1.44. The quantitative estimate of drug-likeness (QED) is 0.906. The summed E-state index contributed by atoms with van der Waals surface area (Å²) in [5.74, 6) is 0.172. The molecule has 4 nitrogen and oxygen atoms in total. The van der Waals surface area contributed by atoms with E-state index in [9.17, 15) is 9.59 Å². The highest BCUT2D eigenvalue weighted by Gasteiger charge is 2.17. The molecule has 1 heterocycles. The third kappa shape index (κ3) is 3.13. The van der Waals surface area contributed by atoms with Crippen LogP contribution in [0.25, 0.3) is 0 Å². The topological polar surface area (TPSA) is 49.4 Å². The van der Waals surface area contributed by atoms with Crippen molar-refractivity contribution < 1.29 is 9.59 Å². The minimum atomic E-state index is -0.186. The zero-order chi connectivity index (χ0) is 13.0. The monoisotopic (exact) mass is 262 g/mol. The van der Waals surface area contributed by atoms with Crippen molar-refractivity contribution in [3.05, 3.63) is 41.4 Å². The standard InChI is InChI=1S/C13H14N2O2S/c1-10-4-2-3-5-11(10)14-12(16)8-15-6-7-18-9-13(15)17/h2-7H,8-9H2,1H3,(H,14,16). The second-order valence-corrected chi connectivity index (χ2v) is 4.88. The molecule has 0 aromatic heterocycles. The van der Waals surface area contributed by atoms with Crippen LogP contribution in [-0.2, 0) is 9.59 Å². The van der Waals surface area contributed by atoms with Gasteiger partial charge in [0.2, 0.25) is 11.8 Å². The highest BCUT2D eigenvalue weighted by atomic mass is 32.2. The molecule has 94 valence electrons. The van der Waals surface area contributed by atoms with Crippen LogP contribution in [0.5, 0.6) is 0 Å². The third-order valence-corrected chi connectivity index (χ3v) is 3.33. The van der Waals surface area contributed by atoms with Crippen molar-refractivity contribution in [2.45, 2.75) is 6.92 Å². The second-order valence-electron chi connectivity index (χ2n) is 3.98. The Kier molecular flexibility index (Phi) is 4.04. The van der Waals surface area contributed by atoms with E-state index in [1.165, 1.54) is 16.7 Å². The SMILES string of the molecule is Cc1ccccc1NC(=O)CN1C=CSCC1=O. The fourth-order valence-electron chi connectivity index (χ4n) is 1.60. The Morgan fingerprint density at radius 1 is 1.44 bits per heavy atom. The number of para-hydroxylation sites is 1. The molecule has 1 aliphatic heterocycles. The van der Waals surface area contributed by atoms with Gasteiger partial charge < -0.3 is 10.2 Å². The van der Waals surface area contributed by atoms with Gasteiger partial charge in [-0.3, -0.25) is 9.59 Å². The van der Waals surface area contributed by atoms with Crippen molar-refractivity contribution in [2.24, 2.45) is 0 Å². The summed E-state index contributed by atoms with van der Waals surface area (Å²) in [5.41, 5.74) is 1.78. The maximum Gasteiger partial charge on any atom is 0.244 e. The molecule has 0 atom stereocenters. The van der Waals surface area contributed by atoms with E-state index in [0.29, 0.717) is 5.75 Å². The summed E-state index contributed by atoms with van der Waals surface area (Å²) in [7, 11) is 0. The molecular formula is C13H14N2O2S. The average molecular weight is 262 g/mol. The predicted molar refractivity (Wildman–Crippen MR) is 73.1 cm³/mol. The number of anilines is 1. The fraction of sp³-hybridized carbons (Fsp3) is 0.231. The van der Waals surface area contributed by atoms with Crippen LogP contribution in [0.15, 0.2) is 35.9 Å². The van der Waals surface area contributed by atoms with Crippen molar-refractivity contribution in [1.82, 2.24) is 4.90 Å². The summed E-state index contributed by atoms with van der Waals surface area (Å²) in [6, 6.07) is 7.56. The second kappa shape index (κ2) is 5.73. The molecule has 0 spiro atoms. The van der Waals surface area contributed by atoms with Crippen molar-refractivity contribution in [1.29, 1.82) is 0 Å². The molecule has 0 bridgehead atoms. The summed E-state index contributed by atoms with van der Waals surface area (Å²) in [5, 5.41) is 4.63. The van der Waals surface area contributed by atoms with Gasteiger partial charge in [-0.15, -0.1) is 11.8 Å². The smallest absolute Gasteiger partial charge is 0.244 e. The van der Waals surface area contributed by atoms with Gasteiger partial charge in [0.25, 0.3) is 0 Å². The number of hydrogen-bond donors (Lipinski definition) is 1. The molecule has 0 unspecified atom stereocenters. The molecule has 1 aliphatic rings. The molecular weight excluding hydrogens is 248 g/mol. The summed E-state index contributed by atoms with van der Waals surface area (Å²) in [6.07, 6.45) is 1.65. The number of nitrogens with zero attached hydrogens (tertiary/aromatic N) is 1. The lowest BCUT2D eigenvalue weighted by Gasteiger charge is -2.20. The van der Waals surface area contributed by atoms with Crippen molar-refractivity contribution in [3.63, 3.8) is 0 Å². The number of thioether (sulfide) groups is 1. The van der Waals surface area contributed by atoms with E-state index >= 15 is 0 Å². The predicted octanol–water partition coefficient (Wildman–Crippen LogP) is 1.98. The molecule has 0 fully saturated rings. The fourth-order valence-corrected chi connectivity index (χ4v) is 2.24. The van der Waals surface area contributed by atoms with Crippen LogP contribution >= 0.6 is 11.8 Å². The molecule has 5 heteroatoms. The van der Waals surface area contributed by atoms with E-state index in [4.69, 9.17) is 0 Å². The van der Waals surface area contributed by atoms with E-state index < -0.39 is 0 Å². The van der Waals surface area contributed by atoms with Crippen LogP contribution in [0, 0.1) is 6.92 Å². The number of hydrogen-bond acceptors (Lipinski definition) is 3. The summed E-state index contributed by atoms with van der Waals surface area (Å²) in [6.45, 7) is 1.99. The Morgan fingerprint density at radius 2 is 2.22 bits per heavy atom. The van der Waals surface area contributed by atoms with Gasteiger partial charge in [0.1, 0.15) is 6.54 Å². The number of amides is 2. The Bertz CT molecular complexity index is 500. The van der Waals surface area contributed by atoms with Crippen LogP contribution in [-0.4, -0.2) is 29.0 Å². The summed E-state index contributed by atoms with van der Waals surface area (Å²) in [4.78, 5) is 24.8. The van der Waals surface area contributed by atoms with Crippen LogP contribution in [0.1, 0.15) is 5.56 Å². The molecule has 1 aromatic rings. The largest absolute Gasteiger partial charge is 0.324 e. The molecule has 0 saturated heterocycles. The lowest BCUT2D eigenvalue weighted by atomic mass is 10.2. The van der Waals surface area contributed by atoms with Crippen molar-refractivity contribution in [2.75, 3.05) is 17.6 Å². The first-order valence-electron chi connectivity index (χ1n) is 5.60. The van der Waals surface area contributed by atoms with Gasteiger partial charge >= 0.3 is 0 Å². The van der Waals surface area contributed by atoms with Crippen LogP contribution in [0.3, 0.4) is 0 Å². The Morgan fingerprint density at radius 3 is 2.94 bits per heavy atom. The molecule has 18 heavy (non-hydrogen) atoms. The van der Waals surface area contributed by atoms with Crippen LogP contribution < -0.4 is 5.32 Å². The molecule has 1 N–H and O–H groups in total. The van der Waals surface area contributed by atoms with Gasteiger partial charge in [-0.1, -0.05) is 18.2 Å². The highest BCUT2D eigenvalue weighted by Crippen LogP contribution is 2.14. The van der Waals surface area contributed by atoms with E-state index in [1.54, 1.807) is 6.20 Å². The number of carbonyl (C=O) groups is 2. The van der Waals surface area contributed by atoms with Gasteiger partial charge in [-0.25, -0.2) is 0 Å². The normalized spacial score (nSPS) is 14.7. The lowest BCUT2D eigenvalue weighted by Crippen LogP contribution is -2.36. The first kappa shape index (κ1) is 12.7. The third-order valence-electron chi connectivity index (χ3n) is 2.60. The van der Waals surface area contributed by atoms with E-state index in [0.717, 1.165) is 11.3 Å². The van der Waals surface area contributed by atoms with Gasteiger partial charge in [-0.2, -0.15) is 0 Å². The van der Waals surface area contributed by atoms with Gasteiger partial charge in [0.15, 0.2) is 0 Å². The zero-order valence-corrected chi connectivity index (χ0v) is 10.9. The van der Waals surface area contributed by atoms with Gasteiger partial charge in [-0.05, 0) is 24.0 Å². The number of benzene rings is 1. The number of aryl methyl sites for hydroxylation is 1. The Hall–Kier alpha value is -1.75. The van der Waals surface area contributed by atoms with Gasteiger partial charge in [0, 0.05) is 11.9 Å². The van der Waals surface area contributed by atoms with Crippen LogP contribution in [0.2, 0.25) is 0 Å². The number of nitrogens with one attached hydrogen (secondary N) is 1. The van der Waals surface area contributed by atoms with E-state index in [-0.39, 0.29) is 18.4 Å². The highest BCUT2D eigenvalue weighted by molar-refractivity contribution is 8.02. The number of rotatable bonds is 3. The zero-order valence-electron chi connectivity index (χ0n) is 10.1. The Labute approximate surface area is 110 Å². The minimum Gasteiger partial charge on any atom is -0.324 e. The number of carbonyl (C=O) groups excluding carboxylic acids is 2. The Balaban J connectivity index is 1.97. The van der Waals surface area contributed by atoms with Crippen molar-refractivity contribution >= 4 is 29.3 Å². The van der Waals surface area contributed by atoms with Crippen molar-refractivity contribution in [3.8, 4) is 0 Å². The minimum absolute atomic E-state index is 0.0394. The molecule has 0 saturated carbocycles. The average Bonchev–Trinajstić information content (AvgIpc) is 2.35. The summed E-state index contributed by atoms with van der Waals surface area (Å²) < 4.78 is 0. The first-order valence-corrected chi connectivity index (χ1v) is 6.65. The lowest BCUT2D eigenvalue weighted by molar-refractivity contribution is -0.129. The van der Waals surface area contributed by atoms with Gasteiger partial charge in [0.05, 0.1) is 5.75 Å². The molecule has 1 aromatic carbocycles. The van der Waals surface area contributed by atoms with E-state index in [2.05, 4.69) is 5.32 Å². The molecule has 2 rings (SSSR count). The molecule has 0 radical (unpaired) electrons. The molecule has 0 aliphatic carbocycles. The first-order chi connectivity index (χ1) is 8.66. The maximum absolute atomic E-state index is 11.8. The molecule has 2 amide bonds. The maximum atomic E-state index is 11.8. The van der Waals surface area contributed by atoms with Crippen LogP contribution in [0.4, 0.5) is 5.69 Å². The van der Waals surface area contributed by atoms with E-state index in [1.807, 2.05) is 36.6 Å².